The Bertz CT molecular complexity index is 690. The molecule has 8 heteroatoms. The molecule has 0 spiro atoms. The van der Waals surface area contributed by atoms with Crippen molar-refractivity contribution in [2.24, 2.45) is 5.41 Å². The summed E-state index contributed by atoms with van der Waals surface area (Å²) in [7, 11) is -2.48. The van der Waals surface area contributed by atoms with Crippen molar-refractivity contribution < 1.29 is 23.1 Å². The number of piperidine rings is 1. The van der Waals surface area contributed by atoms with Gasteiger partial charge >= 0.3 is 5.97 Å². The number of hydrogen-bond donors (Lipinski definition) is 1. The molecular weight excluding hydrogens is 330 g/mol. The molecule has 1 atom stereocenters. The Morgan fingerprint density at radius 1 is 1.45 bits per heavy atom. The number of sulfonamides is 1. The van der Waals surface area contributed by atoms with Crippen LogP contribution in [0.4, 0.5) is 0 Å². The van der Waals surface area contributed by atoms with E-state index in [4.69, 9.17) is 16.3 Å². The lowest BCUT2D eigenvalue weighted by Crippen LogP contribution is -2.48. The summed E-state index contributed by atoms with van der Waals surface area (Å²) >= 11 is 5.85. The van der Waals surface area contributed by atoms with Crippen LogP contribution in [-0.2, 0) is 14.8 Å². The average Bonchev–Trinajstić information content (AvgIpc) is 2.46. The Hall–Kier alpha value is -1.31. The Balaban J connectivity index is 2.41. The van der Waals surface area contributed by atoms with Crippen LogP contribution in [0.2, 0.25) is 5.02 Å². The third-order valence-corrected chi connectivity index (χ3v) is 6.04. The molecule has 2 rings (SSSR count). The van der Waals surface area contributed by atoms with Crippen molar-refractivity contribution in [2.45, 2.75) is 24.7 Å². The van der Waals surface area contributed by atoms with Gasteiger partial charge in [0.05, 0.1) is 12.5 Å². The maximum Gasteiger partial charge on any atom is 0.310 e. The van der Waals surface area contributed by atoms with Crippen LogP contribution in [0.25, 0.3) is 0 Å². The van der Waals surface area contributed by atoms with Crippen LogP contribution in [0.15, 0.2) is 23.1 Å². The molecule has 1 aliphatic heterocycles. The molecule has 1 saturated heterocycles. The highest BCUT2D eigenvalue weighted by molar-refractivity contribution is 7.89. The Labute approximate surface area is 134 Å². The zero-order valence-electron chi connectivity index (χ0n) is 12.4. The first-order valence-corrected chi connectivity index (χ1v) is 8.59. The molecule has 0 aliphatic carbocycles. The lowest BCUT2D eigenvalue weighted by molar-refractivity contribution is -0.150. The summed E-state index contributed by atoms with van der Waals surface area (Å²) in [6.07, 6.45) is 0.948. The van der Waals surface area contributed by atoms with Gasteiger partial charge in [0, 0.05) is 24.2 Å². The number of halogens is 1. The summed E-state index contributed by atoms with van der Waals surface area (Å²) in [6, 6.07) is 4.27. The van der Waals surface area contributed by atoms with Gasteiger partial charge in [0.25, 0.3) is 0 Å². The second-order valence-electron chi connectivity index (χ2n) is 5.60. The summed E-state index contributed by atoms with van der Waals surface area (Å²) in [4.78, 5) is 11.4. The van der Waals surface area contributed by atoms with Gasteiger partial charge in [-0.25, -0.2) is 8.42 Å². The summed E-state index contributed by atoms with van der Waals surface area (Å²) in [5.74, 6) is -0.842. The zero-order valence-corrected chi connectivity index (χ0v) is 13.9. The Kier molecular flexibility index (Phi) is 4.70. The predicted molar refractivity (Wildman–Crippen MR) is 81.7 cm³/mol. The predicted octanol–water partition coefficient (Wildman–Crippen LogP) is 2.22. The van der Waals surface area contributed by atoms with E-state index in [1.54, 1.807) is 6.92 Å². The number of rotatable bonds is 4. The van der Waals surface area contributed by atoms with Crippen molar-refractivity contribution in [2.75, 3.05) is 20.2 Å². The molecule has 1 aromatic carbocycles. The molecule has 0 amide bonds. The van der Waals surface area contributed by atoms with Gasteiger partial charge in [-0.05, 0) is 31.9 Å². The van der Waals surface area contributed by atoms with Gasteiger partial charge in [-0.15, -0.1) is 0 Å². The third-order valence-electron chi connectivity index (χ3n) is 3.92. The van der Waals surface area contributed by atoms with Gasteiger partial charge in [-0.3, -0.25) is 4.79 Å². The van der Waals surface area contributed by atoms with Gasteiger partial charge in [0.15, 0.2) is 0 Å². The topological polar surface area (TPSA) is 83.9 Å². The van der Waals surface area contributed by atoms with Gasteiger partial charge in [0.2, 0.25) is 10.0 Å². The van der Waals surface area contributed by atoms with Crippen LogP contribution < -0.4 is 4.74 Å². The number of carbonyl (C=O) groups is 1. The smallest absolute Gasteiger partial charge is 0.310 e. The number of methoxy groups -OCH3 is 1. The lowest BCUT2D eigenvalue weighted by Gasteiger charge is -2.36. The summed E-state index contributed by atoms with van der Waals surface area (Å²) < 4.78 is 31.9. The number of benzene rings is 1. The summed E-state index contributed by atoms with van der Waals surface area (Å²) in [5, 5.41) is 9.69. The number of aliphatic carboxylic acids is 1. The molecule has 0 aromatic heterocycles. The van der Waals surface area contributed by atoms with E-state index in [2.05, 4.69) is 0 Å². The first-order valence-electron chi connectivity index (χ1n) is 6.78. The van der Waals surface area contributed by atoms with Gasteiger partial charge < -0.3 is 9.84 Å². The fourth-order valence-electron chi connectivity index (χ4n) is 2.57. The minimum absolute atomic E-state index is 0.00552. The first-order chi connectivity index (χ1) is 10.2. The molecule has 122 valence electrons. The zero-order chi connectivity index (χ0) is 16.5. The number of ether oxygens (including phenoxy) is 1. The molecule has 0 radical (unpaired) electrons. The first kappa shape index (κ1) is 17.1. The largest absolute Gasteiger partial charge is 0.495 e. The van der Waals surface area contributed by atoms with Gasteiger partial charge in [-0.2, -0.15) is 4.31 Å². The van der Waals surface area contributed by atoms with E-state index < -0.39 is 21.4 Å². The highest BCUT2D eigenvalue weighted by atomic mass is 35.5. The van der Waals surface area contributed by atoms with Crippen molar-refractivity contribution in [1.29, 1.82) is 0 Å². The molecule has 1 aromatic rings. The van der Waals surface area contributed by atoms with E-state index >= 15 is 0 Å². The van der Waals surface area contributed by atoms with Crippen LogP contribution >= 0.6 is 11.6 Å². The standard InChI is InChI=1S/C14H18ClNO5S/c1-14(13(17)18)6-3-7-16(9-14)22(19,20)12-5-4-10(15)8-11(12)21-2/h4-5,8H,3,6-7,9H2,1-2H3,(H,17,18). The highest BCUT2D eigenvalue weighted by Gasteiger charge is 2.42. The molecule has 1 aliphatic rings. The quantitative estimate of drug-likeness (QED) is 0.902. The van der Waals surface area contributed by atoms with Gasteiger partial charge in [0.1, 0.15) is 10.6 Å². The number of carboxylic acid groups (broad SMARTS) is 1. The molecule has 1 heterocycles. The minimum atomic E-state index is -3.84. The number of carboxylic acids is 1. The van der Waals surface area contributed by atoms with E-state index in [0.717, 1.165) is 0 Å². The second kappa shape index (κ2) is 6.06. The fourth-order valence-corrected chi connectivity index (χ4v) is 4.47. The van der Waals surface area contributed by atoms with Crippen LogP contribution in [0, 0.1) is 5.41 Å². The lowest BCUT2D eigenvalue weighted by atomic mass is 9.83. The van der Waals surface area contributed by atoms with E-state index in [-0.39, 0.29) is 23.7 Å². The van der Waals surface area contributed by atoms with Crippen molar-refractivity contribution >= 4 is 27.6 Å². The summed E-state index contributed by atoms with van der Waals surface area (Å²) in [6.45, 7) is 1.80. The van der Waals surface area contributed by atoms with Crippen LogP contribution in [0.1, 0.15) is 19.8 Å². The third kappa shape index (κ3) is 3.06. The molecule has 0 saturated carbocycles. The van der Waals surface area contributed by atoms with Crippen LogP contribution in [0.5, 0.6) is 5.75 Å². The van der Waals surface area contributed by atoms with E-state index in [0.29, 0.717) is 17.9 Å². The Morgan fingerprint density at radius 3 is 2.73 bits per heavy atom. The highest BCUT2D eigenvalue weighted by Crippen LogP contribution is 2.35. The average molecular weight is 348 g/mol. The molecule has 0 bridgehead atoms. The molecule has 1 N–H and O–H groups in total. The SMILES string of the molecule is COc1cc(Cl)ccc1S(=O)(=O)N1CCCC(C)(C(=O)O)C1. The number of hydrogen-bond acceptors (Lipinski definition) is 4. The van der Waals surface area contributed by atoms with Crippen LogP contribution in [-0.4, -0.2) is 44.0 Å². The fraction of sp³-hybridized carbons (Fsp3) is 0.500. The van der Waals surface area contributed by atoms with Crippen molar-refractivity contribution in [3.63, 3.8) is 0 Å². The van der Waals surface area contributed by atoms with Crippen LogP contribution in [0.3, 0.4) is 0 Å². The monoisotopic (exact) mass is 347 g/mol. The number of nitrogens with zero attached hydrogens (tertiary/aromatic N) is 1. The van der Waals surface area contributed by atoms with E-state index in [1.165, 1.54) is 29.6 Å². The molecule has 1 unspecified atom stereocenters. The maximum atomic E-state index is 12.8. The van der Waals surface area contributed by atoms with E-state index in [1.807, 2.05) is 0 Å². The van der Waals surface area contributed by atoms with E-state index in [9.17, 15) is 18.3 Å². The molecule has 22 heavy (non-hydrogen) atoms. The maximum absolute atomic E-state index is 12.8. The Morgan fingerprint density at radius 2 is 2.14 bits per heavy atom. The van der Waals surface area contributed by atoms with Crippen molar-refractivity contribution in [1.82, 2.24) is 4.31 Å². The molecule has 6 nitrogen and oxygen atoms in total. The van der Waals surface area contributed by atoms with Crippen molar-refractivity contribution in [3.8, 4) is 5.75 Å². The molecule has 1 fully saturated rings. The minimum Gasteiger partial charge on any atom is -0.495 e. The van der Waals surface area contributed by atoms with Gasteiger partial charge in [-0.1, -0.05) is 11.6 Å². The summed E-state index contributed by atoms with van der Waals surface area (Å²) in [5.41, 5.74) is -1.08. The van der Waals surface area contributed by atoms with Crippen molar-refractivity contribution in [3.05, 3.63) is 23.2 Å². The second-order valence-corrected chi connectivity index (χ2v) is 7.95. The normalized spacial score (nSPS) is 23.2. The molecular formula is C14H18ClNO5S.